The van der Waals surface area contributed by atoms with Crippen molar-refractivity contribution >= 4 is 40.8 Å². The highest BCUT2D eigenvalue weighted by Gasteiger charge is 2.40. The van der Waals surface area contributed by atoms with Gasteiger partial charge in [0.15, 0.2) is 0 Å². The van der Waals surface area contributed by atoms with E-state index in [1.165, 1.54) is 42.5 Å². The minimum absolute atomic E-state index is 0.121. The third-order valence-corrected chi connectivity index (χ3v) is 3.84. The second-order valence-corrected chi connectivity index (χ2v) is 5.46. The third kappa shape index (κ3) is 2.97. The van der Waals surface area contributed by atoms with Crippen LogP contribution in [0.2, 0.25) is 0 Å². The van der Waals surface area contributed by atoms with Gasteiger partial charge in [0.05, 0.1) is 11.7 Å². The Hall–Kier alpha value is -3.19. The number of rotatable bonds is 4. The Morgan fingerprint density at radius 3 is 2.48 bits per heavy atom. The molecule has 0 radical (unpaired) electrons. The van der Waals surface area contributed by atoms with Gasteiger partial charge in [0, 0.05) is 5.69 Å². The summed E-state index contributed by atoms with van der Waals surface area (Å²) in [5.74, 6) is -3.88. The van der Waals surface area contributed by atoms with E-state index in [0.29, 0.717) is 4.90 Å². The topological polar surface area (TPSA) is 89.5 Å². The van der Waals surface area contributed by atoms with Crippen molar-refractivity contribution in [3.8, 4) is 0 Å². The number of para-hydroxylation sites is 1. The lowest BCUT2D eigenvalue weighted by molar-refractivity contribution is -0.255. The van der Waals surface area contributed by atoms with Crippen molar-refractivity contribution in [2.45, 2.75) is 0 Å². The summed E-state index contributed by atoms with van der Waals surface area (Å²) in [5.41, 5.74) is -0.405. The van der Waals surface area contributed by atoms with E-state index in [9.17, 15) is 23.9 Å². The fourth-order valence-corrected chi connectivity index (χ4v) is 2.54. The summed E-state index contributed by atoms with van der Waals surface area (Å²) in [4.78, 5) is 36.3. The zero-order chi connectivity index (χ0) is 18.1. The zero-order valence-corrected chi connectivity index (χ0v) is 13.2. The molecular formula is C17H9ClFN2O4-. The van der Waals surface area contributed by atoms with E-state index in [0.717, 1.165) is 6.07 Å². The molecule has 0 aromatic heterocycles. The van der Waals surface area contributed by atoms with Gasteiger partial charge in [0.2, 0.25) is 0 Å². The van der Waals surface area contributed by atoms with Crippen molar-refractivity contribution in [1.82, 2.24) is 0 Å². The fourth-order valence-electron chi connectivity index (χ4n) is 2.33. The molecule has 0 atom stereocenters. The van der Waals surface area contributed by atoms with Crippen LogP contribution in [0.15, 0.2) is 59.3 Å². The summed E-state index contributed by atoms with van der Waals surface area (Å²) in [6.45, 7) is 0. The molecule has 2 aromatic rings. The number of benzene rings is 2. The monoisotopic (exact) mass is 359 g/mol. The molecule has 1 aliphatic heterocycles. The number of carboxylic acid groups (broad SMARTS) is 1. The summed E-state index contributed by atoms with van der Waals surface area (Å²) in [6, 6.07) is 10.7. The number of nitrogens with one attached hydrogen (secondary N) is 1. The summed E-state index contributed by atoms with van der Waals surface area (Å²) >= 11 is 5.93. The number of hydrogen-bond donors (Lipinski definition) is 1. The van der Waals surface area contributed by atoms with Gasteiger partial charge in [-0.25, -0.2) is 9.29 Å². The van der Waals surface area contributed by atoms with Crippen LogP contribution in [-0.2, 0) is 9.59 Å². The van der Waals surface area contributed by atoms with Gasteiger partial charge in [0.25, 0.3) is 11.8 Å². The van der Waals surface area contributed by atoms with Crippen molar-refractivity contribution in [3.63, 3.8) is 0 Å². The normalized spacial score (nSPS) is 14.2. The molecule has 0 saturated carbocycles. The molecule has 1 aliphatic rings. The molecule has 0 spiro atoms. The molecule has 0 fully saturated rings. The Bertz CT molecular complexity index is 942. The molecule has 25 heavy (non-hydrogen) atoms. The molecule has 2 aromatic carbocycles. The van der Waals surface area contributed by atoms with Gasteiger partial charge >= 0.3 is 0 Å². The smallest absolute Gasteiger partial charge is 0.283 e. The SMILES string of the molecule is O=C([O-])c1cccc(NC2=C(Cl)C(=O)N(c3ccccc3F)C2=O)c1. The van der Waals surface area contributed by atoms with Crippen molar-refractivity contribution in [3.05, 3.63) is 70.6 Å². The Kier molecular flexibility index (Phi) is 4.24. The van der Waals surface area contributed by atoms with Gasteiger partial charge < -0.3 is 15.2 Å². The summed E-state index contributed by atoms with van der Waals surface area (Å²) in [6.07, 6.45) is 0. The maximum Gasteiger partial charge on any atom is 0.283 e. The summed E-state index contributed by atoms with van der Waals surface area (Å²) in [5, 5.41) is 13.1. The van der Waals surface area contributed by atoms with Crippen LogP contribution in [-0.4, -0.2) is 17.8 Å². The van der Waals surface area contributed by atoms with Gasteiger partial charge in [-0.2, -0.15) is 0 Å². The molecule has 6 nitrogen and oxygen atoms in total. The molecule has 0 aliphatic carbocycles. The Balaban J connectivity index is 1.94. The number of carbonyl (C=O) groups excluding carboxylic acids is 3. The Morgan fingerprint density at radius 2 is 1.80 bits per heavy atom. The number of anilines is 2. The minimum atomic E-state index is -1.40. The first-order valence-corrected chi connectivity index (χ1v) is 7.39. The molecule has 1 heterocycles. The maximum atomic E-state index is 13.9. The molecule has 8 heteroatoms. The first-order chi connectivity index (χ1) is 11.9. The summed E-state index contributed by atoms with van der Waals surface area (Å²) in [7, 11) is 0. The average Bonchev–Trinajstić information content (AvgIpc) is 2.80. The van der Waals surface area contributed by atoms with Crippen LogP contribution >= 0.6 is 11.6 Å². The van der Waals surface area contributed by atoms with Crippen LogP contribution in [0.25, 0.3) is 0 Å². The van der Waals surface area contributed by atoms with Crippen molar-refractivity contribution < 1.29 is 23.9 Å². The van der Waals surface area contributed by atoms with Gasteiger partial charge in [-0.1, -0.05) is 35.9 Å². The maximum absolute atomic E-state index is 13.9. The summed E-state index contributed by atoms with van der Waals surface area (Å²) < 4.78 is 13.9. The molecule has 0 unspecified atom stereocenters. The third-order valence-electron chi connectivity index (χ3n) is 3.49. The zero-order valence-electron chi connectivity index (χ0n) is 12.5. The van der Waals surface area contributed by atoms with Crippen molar-refractivity contribution in [1.29, 1.82) is 0 Å². The van der Waals surface area contributed by atoms with Crippen LogP contribution in [0.1, 0.15) is 10.4 Å². The first kappa shape index (κ1) is 16.7. The number of hydrogen-bond acceptors (Lipinski definition) is 5. The van der Waals surface area contributed by atoms with E-state index in [2.05, 4.69) is 5.32 Å². The number of nitrogens with zero attached hydrogens (tertiary/aromatic N) is 1. The molecule has 3 rings (SSSR count). The molecule has 2 amide bonds. The average molecular weight is 360 g/mol. The number of carbonyl (C=O) groups is 3. The molecular weight excluding hydrogens is 351 g/mol. The largest absolute Gasteiger partial charge is 0.545 e. The van der Waals surface area contributed by atoms with Gasteiger partial charge in [-0.3, -0.25) is 9.59 Å². The van der Waals surface area contributed by atoms with Crippen LogP contribution in [0.3, 0.4) is 0 Å². The highest BCUT2D eigenvalue weighted by molar-refractivity contribution is 6.53. The number of amides is 2. The Labute approximate surface area is 146 Å². The number of aromatic carboxylic acids is 1. The predicted octanol–water partition coefficient (Wildman–Crippen LogP) is 1.62. The predicted molar refractivity (Wildman–Crippen MR) is 86.2 cm³/mol. The van der Waals surface area contributed by atoms with Crippen LogP contribution < -0.4 is 15.3 Å². The quantitative estimate of drug-likeness (QED) is 0.838. The van der Waals surface area contributed by atoms with Gasteiger partial charge in [0.1, 0.15) is 16.5 Å². The van der Waals surface area contributed by atoms with E-state index in [4.69, 9.17) is 11.6 Å². The van der Waals surface area contributed by atoms with Gasteiger partial charge in [-0.15, -0.1) is 0 Å². The standard InChI is InChI=1S/C17H10ClFN2O4/c18-13-14(20-10-5-3-4-9(8-10)17(24)25)16(23)21(15(13)22)12-7-2-1-6-11(12)19/h1-8,20H,(H,24,25)/p-1. The second kappa shape index (κ2) is 6.37. The molecule has 126 valence electrons. The number of carboxylic acids is 1. The van der Waals surface area contributed by atoms with Crippen LogP contribution in [0, 0.1) is 5.82 Å². The van der Waals surface area contributed by atoms with E-state index in [1.54, 1.807) is 0 Å². The first-order valence-electron chi connectivity index (χ1n) is 7.01. The second-order valence-electron chi connectivity index (χ2n) is 5.08. The molecule has 1 N–H and O–H groups in total. The van der Waals surface area contributed by atoms with Crippen molar-refractivity contribution in [2.24, 2.45) is 0 Å². The van der Waals surface area contributed by atoms with Crippen LogP contribution in [0.4, 0.5) is 15.8 Å². The fraction of sp³-hybridized carbons (Fsp3) is 0. The Morgan fingerprint density at radius 1 is 1.08 bits per heavy atom. The van der Waals surface area contributed by atoms with E-state index in [-0.39, 0.29) is 22.6 Å². The van der Waals surface area contributed by atoms with Crippen LogP contribution in [0.5, 0.6) is 0 Å². The van der Waals surface area contributed by atoms with E-state index < -0.39 is 28.6 Å². The van der Waals surface area contributed by atoms with Crippen molar-refractivity contribution in [2.75, 3.05) is 10.2 Å². The molecule has 0 saturated heterocycles. The lowest BCUT2D eigenvalue weighted by Gasteiger charge is -2.15. The lowest BCUT2D eigenvalue weighted by atomic mass is 10.2. The molecule has 0 bridgehead atoms. The highest BCUT2D eigenvalue weighted by Crippen LogP contribution is 2.31. The van der Waals surface area contributed by atoms with Gasteiger partial charge in [-0.05, 0) is 29.8 Å². The number of imide groups is 1. The highest BCUT2D eigenvalue weighted by atomic mass is 35.5. The van der Waals surface area contributed by atoms with E-state index in [1.807, 2.05) is 0 Å². The lowest BCUT2D eigenvalue weighted by Crippen LogP contribution is -2.33. The van der Waals surface area contributed by atoms with E-state index >= 15 is 0 Å². The minimum Gasteiger partial charge on any atom is -0.545 e. The number of halogens is 2.